The quantitative estimate of drug-likeness (QED) is 0.305. The van der Waals surface area contributed by atoms with E-state index < -0.39 is 0 Å². The molecule has 0 fully saturated rings. The summed E-state index contributed by atoms with van der Waals surface area (Å²) in [6.07, 6.45) is 0. The van der Waals surface area contributed by atoms with Gasteiger partial charge in [-0.3, -0.25) is 0 Å². The predicted molar refractivity (Wildman–Crippen MR) is 113 cm³/mol. The molecule has 0 radical (unpaired) electrons. The van der Waals surface area contributed by atoms with Crippen molar-refractivity contribution in [3.63, 3.8) is 0 Å². The number of nitrogens with one attached hydrogen (secondary N) is 1. The predicted octanol–water partition coefficient (Wildman–Crippen LogP) is 5.29. The molecule has 5 nitrogen and oxygen atoms in total. The fourth-order valence-electron chi connectivity index (χ4n) is 2.79. The van der Waals surface area contributed by atoms with E-state index in [0.29, 0.717) is 27.0 Å². The molecule has 2 aromatic carbocycles. The Morgan fingerprint density at radius 3 is 2.52 bits per heavy atom. The zero-order valence-corrected chi connectivity index (χ0v) is 16.6. The molecule has 0 aliphatic carbocycles. The highest BCUT2D eigenvalue weighted by atomic mass is 35.5. The van der Waals surface area contributed by atoms with Crippen molar-refractivity contribution in [2.24, 2.45) is 0 Å². The Morgan fingerprint density at radius 1 is 1.04 bits per heavy atom. The van der Waals surface area contributed by atoms with Gasteiger partial charge in [-0.15, -0.1) is 0 Å². The van der Waals surface area contributed by atoms with E-state index in [-0.39, 0.29) is 14.6 Å². The molecule has 4 rings (SSSR count). The molecule has 1 unspecified atom stereocenters. The molecule has 2 aromatic heterocycles. The second kappa shape index (κ2) is 7.87. The molecule has 2 heterocycles. The lowest BCUT2D eigenvalue weighted by Crippen LogP contribution is -1.87. The van der Waals surface area contributed by atoms with Crippen LogP contribution in [0.4, 0.5) is 0 Å². The second-order valence-electron chi connectivity index (χ2n) is 5.77. The SMILES string of the molecule is OPCSc1nc2nc(-c3ccc(-c4ccccc4O)cc3)c(Cl)cc2[nH]1. The van der Waals surface area contributed by atoms with Gasteiger partial charge in [0.2, 0.25) is 0 Å². The van der Waals surface area contributed by atoms with Crippen molar-refractivity contribution in [3.05, 3.63) is 59.6 Å². The van der Waals surface area contributed by atoms with Crippen LogP contribution in [0.15, 0.2) is 59.8 Å². The maximum atomic E-state index is 10.0. The van der Waals surface area contributed by atoms with Gasteiger partial charge < -0.3 is 15.0 Å². The van der Waals surface area contributed by atoms with Gasteiger partial charge in [0.25, 0.3) is 0 Å². The molecule has 0 aliphatic rings. The van der Waals surface area contributed by atoms with Crippen LogP contribution in [0, 0.1) is 0 Å². The fraction of sp³-hybridized carbons (Fsp3) is 0.0526. The largest absolute Gasteiger partial charge is 0.507 e. The molecule has 136 valence electrons. The van der Waals surface area contributed by atoms with Crippen LogP contribution < -0.4 is 0 Å². The Labute approximate surface area is 166 Å². The summed E-state index contributed by atoms with van der Waals surface area (Å²) in [5, 5.41) is 11.3. The van der Waals surface area contributed by atoms with Gasteiger partial charge in [-0.2, -0.15) is 0 Å². The highest BCUT2D eigenvalue weighted by Crippen LogP contribution is 2.33. The van der Waals surface area contributed by atoms with Crippen LogP contribution in [0.3, 0.4) is 0 Å². The van der Waals surface area contributed by atoms with Gasteiger partial charge in [0, 0.05) is 25.4 Å². The number of aromatic nitrogens is 3. The maximum Gasteiger partial charge on any atom is 0.179 e. The Kier molecular flexibility index (Phi) is 5.32. The van der Waals surface area contributed by atoms with Gasteiger partial charge in [-0.25, -0.2) is 9.97 Å². The second-order valence-corrected chi connectivity index (χ2v) is 8.33. The van der Waals surface area contributed by atoms with E-state index in [1.54, 1.807) is 12.1 Å². The zero-order chi connectivity index (χ0) is 18.8. The first-order valence-electron chi connectivity index (χ1n) is 8.10. The third-order valence-corrected chi connectivity index (χ3v) is 5.90. The minimum Gasteiger partial charge on any atom is -0.507 e. The number of hydrogen-bond acceptors (Lipinski definition) is 5. The highest BCUT2D eigenvalue weighted by molar-refractivity contribution is 8.02. The number of H-pyrrole nitrogens is 1. The summed E-state index contributed by atoms with van der Waals surface area (Å²) in [6, 6.07) is 16.8. The molecule has 8 heteroatoms. The summed E-state index contributed by atoms with van der Waals surface area (Å²) in [5.74, 6) is 0.243. The van der Waals surface area contributed by atoms with Gasteiger partial charge in [-0.05, 0) is 17.7 Å². The fourth-order valence-corrected chi connectivity index (χ4v) is 4.19. The molecule has 0 saturated heterocycles. The summed E-state index contributed by atoms with van der Waals surface area (Å²) in [7, 11) is -0.133. The van der Waals surface area contributed by atoms with Crippen molar-refractivity contribution in [1.29, 1.82) is 0 Å². The lowest BCUT2D eigenvalue weighted by molar-refractivity contribution is 0.477. The number of nitrogens with zero attached hydrogens (tertiary/aromatic N) is 2. The van der Waals surface area contributed by atoms with Crippen LogP contribution in [-0.2, 0) is 0 Å². The Balaban J connectivity index is 1.69. The zero-order valence-electron chi connectivity index (χ0n) is 14.0. The third kappa shape index (κ3) is 3.80. The van der Waals surface area contributed by atoms with Crippen LogP contribution in [0.1, 0.15) is 0 Å². The number of phenols is 1. The number of hydrogen-bond donors (Lipinski definition) is 3. The van der Waals surface area contributed by atoms with Crippen LogP contribution in [0.5, 0.6) is 5.75 Å². The van der Waals surface area contributed by atoms with Gasteiger partial charge in [0.05, 0.1) is 16.2 Å². The number of pyridine rings is 1. The van der Waals surface area contributed by atoms with Crippen molar-refractivity contribution in [3.8, 4) is 28.1 Å². The number of thioether (sulfide) groups is 1. The lowest BCUT2D eigenvalue weighted by atomic mass is 10.0. The van der Waals surface area contributed by atoms with E-state index in [0.717, 1.165) is 22.2 Å². The first-order valence-corrected chi connectivity index (χ1v) is 10.6. The third-order valence-electron chi connectivity index (χ3n) is 4.05. The summed E-state index contributed by atoms with van der Waals surface area (Å²) in [4.78, 5) is 21.2. The van der Waals surface area contributed by atoms with Crippen molar-refractivity contribution in [2.75, 3.05) is 5.49 Å². The Morgan fingerprint density at radius 2 is 1.78 bits per heavy atom. The molecular weight excluding hydrogens is 401 g/mol. The number of para-hydroxylation sites is 1. The highest BCUT2D eigenvalue weighted by Gasteiger charge is 2.12. The monoisotopic (exact) mass is 415 g/mol. The summed E-state index contributed by atoms with van der Waals surface area (Å²) < 4.78 is 0. The number of benzene rings is 2. The van der Waals surface area contributed by atoms with Crippen molar-refractivity contribution < 1.29 is 10.00 Å². The molecule has 27 heavy (non-hydrogen) atoms. The van der Waals surface area contributed by atoms with E-state index in [1.807, 2.05) is 42.5 Å². The van der Waals surface area contributed by atoms with Gasteiger partial charge in [-0.1, -0.05) is 65.8 Å². The van der Waals surface area contributed by atoms with Crippen LogP contribution in [-0.4, -0.2) is 30.4 Å². The van der Waals surface area contributed by atoms with Crippen LogP contribution in [0.25, 0.3) is 33.5 Å². The maximum absolute atomic E-state index is 10.0. The standard InChI is InChI=1S/C19H15ClN3O2PS/c20-14-9-15-18(23-19(21-15)27-10-26-25)22-17(14)12-7-5-11(6-8-12)13-3-1-2-4-16(13)24/h1-9,24-26H,10H2,(H,21,22,23). The van der Waals surface area contributed by atoms with Crippen LogP contribution in [0.2, 0.25) is 5.02 Å². The number of aromatic amines is 1. The number of aromatic hydroxyl groups is 1. The van der Waals surface area contributed by atoms with Crippen molar-refractivity contribution >= 4 is 43.3 Å². The van der Waals surface area contributed by atoms with Crippen LogP contribution >= 0.6 is 32.2 Å². The molecular formula is C19H15ClN3O2PS. The summed E-state index contributed by atoms with van der Waals surface area (Å²) in [6.45, 7) is 0. The first kappa shape index (κ1) is 18.3. The Bertz CT molecular complexity index is 1100. The van der Waals surface area contributed by atoms with Gasteiger partial charge in [0.1, 0.15) is 5.75 Å². The number of phenolic OH excluding ortho intramolecular Hbond substituents is 1. The van der Waals surface area contributed by atoms with E-state index in [1.165, 1.54) is 11.8 Å². The minimum absolute atomic E-state index is 0.133. The number of imidazole rings is 1. The number of rotatable bonds is 5. The molecule has 0 amide bonds. The summed E-state index contributed by atoms with van der Waals surface area (Å²) in [5.41, 5.74) is 5.15. The molecule has 0 saturated carbocycles. The topological polar surface area (TPSA) is 82.0 Å². The van der Waals surface area contributed by atoms with Crippen molar-refractivity contribution in [1.82, 2.24) is 15.0 Å². The lowest BCUT2D eigenvalue weighted by Gasteiger charge is -2.07. The van der Waals surface area contributed by atoms with Gasteiger partial charge >= 0.3 is 0 Å². The normalized spacial score (nSPS) is 11.6. The van der Waals surface area contributed by atoms with E-state index in [2.05, 4.69) is 15.0 Å². The molecule has 3 N–H and O–H groups in total. The van der Waals surface area contributed by atoms with E-state index in [9.17, 15) is 5.11 Å². The first-order chi connectivity index (χ1) is 13.2. The summed E-state index contributed by atoms with van der Waals surface area (Å²) >= 11 is 7.88. The van der Waals surface area contributed by atoms with Gasteiger partial charge in [0.15, 0.2) is 10.8 Å². The molecule has 0 aliphatic heterocycles. The van der Waals surface area contributed by atoms with E-state index in [4.69, 9.17) is 16.5 Å². The number of fused-ring (bicyclic) bond motifs is 1. The Hall–Kier alpha value is -2.11. The van der Waals surface area contributed by atoms with Crippen molar-refractivity contribution in [2.45, 2.75) is 5.16 Å². The van der Waals surface area contributed by atoms with E-state index >= 15 is 0 Å². The molecule has 1 atom stereocenters. The molecule has 0 bridgehead atoms. The average molecular weight is 416 g/mol. The molecule has 4 aromatic rings. The average Bonchev–Trinajstić information content (AvgIpc) is 3.08. The minimum atomic E-state index is -0.133. The smallest absolute Gasteiger partial charge is 0.179 e. The molecule has 0 spiro atoms. The number of halogens is 1.